The van der Waals surface area contributed by atoms with Crippen LogP contribution in [0.2, 0.25) is 0 Å². The van der Waals surface area contributed by atoms with Crippen molar-refractivity contribution in [2.75, 3.05) is 19.7 Å². The lowest BCUT2D eigenvalue weighted by molar-refractivity contribution is 0.196. The highest BCUT2D eigenvalue weighted by atomic mass is 79.9. The molecule has 0 aromatic heterocycles. The Morgan fingerprint density at radius 3 is 2.90 bits per heavy atom. The summed E-state index contributed by atoms with van der Waals surface area (Å²) in [6, 6.07) is 4.30. The topological polar surface area (TPSA) is 71.1 Å². The van der Waals surface area contributed by atoms with Crippen molar-refractivity contribution in [3.05, 3.63) is 27.7 Å². The number of hydrogen-bond acceptors (Lipinski definition) is 4. The molecule has 21 heavy (non-hydrogen) atoms. The first-order valence-electron chi connectivity index (χ1n) is 7.31. The summed E-state index contributed by atoms with van der Waals surface area (Å²) in [5.41, 5.74) is 8.24. The summed E-state index contributed by atoms with van der Waals surface area (Å²) in [6.45, 7) is 3.60. The van der Waals surface area contributed by atoms with Crippen LogP contribution in [0.15, 0.2) is 21.8 Å². The maximum absolute atomic E-state index is 8.75. The fourth-order valence-electron chi connectivity index (χ4n) is 3.17. The summed E-state index contributed by atoms with van der Waals surface area (Å²) in [7, 11) is 0. The van der Waals surface area contributed by atoms with Crippen LogP contribution >= 0.6 is 15.9 Å². The lowest BCUT2D eigenvalue weighted by Crippen LogP contribution is -2.38. The fourth-order valence-corrected chi connectivity index (χ4v) is 3.73. The maximum atomic E-state index is 8.75. The first kappa shape index (κ1) is 14.7. The minimum Gasteiger partial charge on any atom is -0.493 e. The highest BCUT2D eigenvalue weighted by Gasteiger charge is 2.24. The third-order valence-electron chi connectivity index (χ3n) is 4.34. The van der Waals surface area contributed by atoms with E-state index in [9.17, 15) is 0 Å². The summed E-state index contributed by atoms with van der Waals surface area (Å²) in [5, 5.41) is 11.9. The molecule has 114 valence electrons. The van der Waals surface area contributed by atoms with E-state index in [1.807, 2.05) is 0 Å². The van der Waals surface area contributed by atoms with Gasteiger partial charge in [0.25, 0.3) is 0 Å². The van der Waals surface area contributed by atoms with Crippen molar-refractivity contribution in [1.29, 1.82) is 0 Å². The molecule has 2 aliphatic heterocycles. The molecule has 5 nitrogen and oxygen atoms in total. The van der Waals surface area contributed by atoms with Crippen LogP contribution in [0.1, 0.15) is 24.0 Å². The van der Waals surface area contributed by atoms with Crippen LogP contribution < -0.4 is 10.5 Å². The molecule has 6 heteroatoms. The first-order valence-corrected chi connectivity index (χ1v) is 8.10. The molecular weight excluding hydrogens is 334 g/mol. The van der Waals surface area contributed by atoms with Crippen molar-refractivity contribution in [2.45, 2.75) is 25.8 Å². The molecule has 1 aromatic carbocycles. The molecule has 0 spiro atoms. The van der Waals surface area contributed by atoms with Gasteiger partial charge in [0.05, 0.1) is 6.61 Å². The summed E-state index contributed by atoms with van der Waals surface area (Å²) >= 11 is 3.58. The van der Waals surface area contributed by atoms with Gasteiger partial charge in [-0.15, -0.1) is 0 Å². The Kier molecular flexibility index (Phi) is 4.35. The fraction of sp³-hybridized carbons (Fsp3) is 0.533. The van der Waals surface area contributed by atoms with Gasteiger partial charge in [0.2, 0.25) is 0 Å². The van der Waals surface area contributed by atoms with Gasteiger partial charge in [0.15, 0.2) is 0 Å². The number of hydrogen-bond donors (Lipinski definition) is 2. The lowest BCUT2D eigenvalue weighted by atomic mass is 9.95. The average molecular weight is 354 g/mol. The van der Waals surface area contributed by atoms with Crippen molar-refractivity contribution < 1.29 is 9.94 Å². The summed E-state index contributed by atoms with van der Waals surface area (Å²) in [5.74, 6) is 1.63. The van der Waals surface area contributed by atoms with Crippen LogP contribution in [0.5, 0.6) is 5.75 Å². The van der Waals surface area contributed by atoms with E-state index in [1.54, 1.807) is 0 Å². The Balaban J connectivity index is 1.66. The van der Waals surface area contributed by atoms with Crippen molar-refractivity contribution in [3.8, 4) is 5.75 Å². The van der Waals surface area contributed by atoms with Gasteiger partial charge >= 0.3 is 0 Å². The van der Waals surface area contributed by atoms with Crippen molar-refractivity contribution in [1.82, 2.24) is 4.90 Å². The Hall–Kier alpha value is -1.27. The normalized spacial score (nSPS) is 20.3. The monoisotopic (exact) mass is 353 g/mol. The highest BCUT2D eigenvalue weighted by molar-refractivity contribution is 9.10. The molecule has 2 heterocycles. The van der Waals surface area contributed by atoms with Gasteiger partial charge in [0, 0.05) is 28.9 Å². The van der Waals surface area contributed by atoms with Crippen LogP contribution in [0.4, 0.5) is 0 Å². The molecule has 0 amide bonds. The number of piperidine rings is 1. The largest absolute Gasteiger partial charge is 0.493 e. The van der Waals surface area contributed by atoms with Gasteiger partial charge < -0.3 is 15.7 Å². The zero-order valence-electron chi connectivity index (χ0n) is 11.9. The minimum absolute atomic E-state index is 0.204. The van der Waals surface area contributed by atoms with E-state index in [4.69, 9.17) is 15.7 Å². The van der Waals surface area contributed by atoms with Gasteiger partial charge in [-0.25, -0.2) is 0 Å². The number of amidine groups is 1. The third-order valence-corrected chi connectivity index (χ3v) is 4.80. The number of fused-ring (bicyclic) bond motifs is 1. The van der Waals surface area contributed by atoms with Crippen molar-refractivity contribution in [3.63, 3.8) is 0 Å². The van der Waals surface area contributed by atoms with E-state index in [1.165, 1.54) is 11.1 Å². The van der Waals surface area contributed by atoms with E-state index in [0.717, 1.165) is 55.7 Å². The number of ether oxygens (including phenoxy) is 1. The lowest BCUT2D eigenvalue weighted by Gasteiger charge is -2.31. The van der Waals surface area contributed by atoms with E-state index in [-0.39, 0.29) is 5.92 Å². The molecule has 0 aliphatic carbocycles. The predicted octanol–water partition coefficient (Wildman–Crippen LogP) is 2.34. The Bertz CT molecular complexity index is 554. The zero-order chi connectivity index (χ0) is 14.8. The van der Waals surface area contributed by atoms with Crippen LogP contribution in [0.3, 0.4) is 0 Å². The third kappa shape index (κ3) is 3.16. The predicted molar refractivity (Wildman–Crippen MR) is 84.8 cm³/mol. The highest BCUT2D eigenvalue weighted by Crippen LogP contribution is 2.34. The number of benzene rings is 1. The average Bonchev–Trinajstić information content (AvgIpc) is 2.95. The van der Waals surface area contributed by atoms with E-state index in [0.29, 0.717) is 5.84 Å². The van der Waals surface area contributed by atoms with Crippen LogP contribution in [-0.4, -0.2) is 35.6 Å². The molecule has 0 bridgehead atoms. The standard InChI is InChI=1S/C15H20BrN3O2/c16-13-7-11-3-6-21-14(11)12(8-13)9-19-4-1-10(2-5-19)15(17)18-20/h7-8,10,20H,1-6,9H2,(H2,17,18). The molecule has 1 fully saturated rings. The van der Waals surface area contributed by atoms with Crippen LogP contribution in [0, 0.1) is 5.92 Å². The molecular formula is C15H20BrN3O2. The molecule has 1 aromatic rings. The van der Waals surface area contributed by atoms with E-state index < -0.39 is 0 Å². The Morgan fingerprint density at radius 2 is 2.19 bits per heavy atom. The first-order chi connectivity index (χ1) is 10.2. The molecule has 0 saturated carbocycles. The summed E-state index contributed by atoms with van der Waals surface area (Å²) in [6.07, 6.45) is 2.87. The number of nitrogens with two attached hydrogens (primary N) is 1. The molecule has 0 radical (unpaired) electrons. The second-order valence-corrected chi connectivity index (χ2v) is 6.64. The SMILES string of the molecule is N/C(=N/O)C1CCN(Cc2cc(Br)cc3c2OCC3)CC1. The van der Waals surface area contributed by atoms with Gasteiger partial charge in [-0.2, -0.15) is 0 Å². The van der Waals surface area contributed by atoms with Crippen LogP contribution in [0.25, 0.3) is 0 Å². The number of halogens is 1. The smallest absolute Gasteiger partial charge is 0.142 e. The summed E-state index contributed by atoms with van der Waals surface area (Å²) < 4.78 is 6.90. The summed E-state index contributed by atoms with van der Waals surface area (Å²) in [4.78, 5) is 2.41. The van der Waals surface area contributed by atoms with Crippen LogP contribution in [-0.2, 0) is 13.0 Å². The second kappa shape index (κ2) is 6.23. The molecule has 1 saturated heterocycles. The van der Waals surface area contributed by atoms with E-state index >= 15 is 0 Å². The Morgan fingerprint density at radius 1 is 1.43 bits per heavy atom. The van der Waals surface area contributed by atoms with Gasteiger partial charge in [0.1, 0.15) is 11.6 Å². The molecule has 3 N–H and O–H groups in total. The zero-order valence-corrected chi connectivity index (χ0v) is 13.5. The second-order valence-electron chi connectivity index (χ2n) is 5.73. The molecule has 3 rings (SSSR count). The Labute approximate surface area is 132 Å². The number of likely N-dealkylation sites (tertiary alicyclic amines) is 1. The maximum Gasteiger partial charge on any atom is 0.142 e. The van der Waals surface area contributed by atoms with E-state index in [2.05, 4.69) is 38.1 Å². The molecule has 0 unspecified atom stereocenters. The van der Waals surface area contributed by atoms with Gasteiger partial charge in [-0.05, 0) is 43.6 Å². The van der Waals surface area contributed by atoms with Gasteiger partial charge in [-0.3, -0.25) is 4.90 Å². The number of nitrogens with zero attached hydrogens (tertiary/aromatic N) is 2. The number of oxime groups is 1. The van der Waals surface area contributed by atoms with Crippen molar-refractivity contribution in [2.24, 2.45) is 16.8 Å². The number of rotatable bonds is 3. The van der Waals surface area contributed by atoms with Crippen molar-refractivity contribution >= 4 is 21.8 Å². The van der Waals surface area contributed by atoms with Gasteiger partial charge in [-0.1, -0.05) is 21.1 Å². The minimum atomic E-state index is 0.204. The molecule has 0 atom stereocenters. The quantitative estimate of drug-likeness (QED) is 0.378. The molecule has 2 aliphatic rings.